The van der Waals surface area contributed by atoms with Gasteiger partial charge in [-0.2, -0.15) is 43.9 Å². The van der Waals surface area contributed by atoms with Crippen LogP contribution in [-0.2, 0) is 13.2 Å². The van der Waals surface area contributed by atoms with Crippen LogP contribution in [0, 0.1) is 0 Å². The average molecular weight is 618 g/mol. The summed E-state index contributed by atoms with van der Waals surface area (Å²) in [5, 5.41) is 9.70. The number of halogens is 10. The van der Waals surface area contributed by atoms with E-state index in [2.05, 4.69) is 4.74 Å². The summed E-state index contributed by atoms with van der Waals surface area (Å²) >= 11 is -0.309. The van der Waals surface area contributed by atoms with Gasteiger partial charge in [-0.05, 0) is 59.3 Å². The number of anilines is 1. The first-order chi connectivity index (χ1) is 19.0. The van der Waals surface area contributed by atoms with Crippen molar-refractivity contribution in [2.24, 2.45) is 0 Å². The SMILES string of the molecule is O[C@H](CN(Cc1cccc(OC(F)(F)C(F)F)c1)c1cccc(OCc2cccc(SC(F)(F)F)c2)c1)C(F)(F)F. The molecule has 3 aromatic carbocycles. The quantitative estimate of drug-likeness (QED) is 0.165. The number of nitrogens with zero attached hydrogens (tertiary/aromatic N) is 1. The zero-order valence-corrected chi connectivity index (χ0v) is 21.4. The Labute approximate surface area is 231 Å². The molecule has 1 atom stereocenters. The van der Waals surface area contributed by atoms with Crippen LogP contribution in [-0.4, -0.2) is 42.0 Å². The van der Waals surface area contributed by atoms with E-state index in [1.54, 1.807) is 0 Å². The van der Waals surface area contributed by atoms with Gasteiger partial charge in [-0.1, -0.05) is 30.3 Å². The summed E-state index contributed by atoms with van der Waals surface area (Å²) < 4.78 is 139. The molecular weight excluding hydrogens is 596 g/mol. The Morgan fingerprint density at radius 3 is 2.07 bits per heavy atom. The van der Waals surface area contributed by atoms with Crippen molar-refractivity contribution in [2.45, 2.75) is 48.4 Å². The minimum Gasteiger partial charge on any atom is -0.489 e. The zero-order valence-electron chi connectivity index (χ0n) is 20.6. The number of rotatable bonds is 12. The molecule has 0 aromatic heterocycles. The third-order valence-corrected chi connectivity index (χ3v) is 5.99. The van der Waals surface area contributed by atoms with Gasteiger partial charge in [0.05, 0.1) is 6.54 Å². The molecule has 0 saturated heterocycles. The molecule has 0 fully saturated rings. The van der Waals surface area contributed by atoms with Crippen molar-refractivity contribution < 1.29 is 58.5 Å². The molecule has 0 heterocycles. The summed E-state index contributed by atoms with van der Waals surface area (Å²) in [7, 11) is 0. The Bertz CT molecular complexity index is 1290. The number of aliphatic hydroxyl groups is 1. The summed E-state index contributed by atoms with van der Waals surface area (Å²) in [6, 6.07) is 15.4. The van der Waals surface area contributed by atoms with Crippen LogP contribution in [0.1, 0.15) is 11.1 Å². The van der Waals surface area contributed by atoms with E-state index in [0.29, 0.717) is 5.56 Å². The smallest absolute Gasteiger partial charge is 0.461 e. The molecule has 1 N–H and O–H groups in total. The van der Waals surface area contributed by atoms with Gasteiger partial charge in [-0.15, -0.1) is 0 Å². The first-order valence-electron chi connectivity index (χ1n) is 11.5. The van der Waals surface area contributed by atoms with Crippen LogP contribution in [0.2, 0.25) is 0 Å². The van der Waals surface area contributed by atoms with E-state index >= 15 is 0 Å². The van der Waals surface area contributed by atoms with Crippen molar-refractivity contribution in [1.82, 2.24) is 0 Å². The van der Waals surface area contributed by atoms with E-state index in [0.717, 1.165) is 17.0 Å². The second kappa shape index (κ2) is 13.1. The number of alkyl halides is 10. The van der Waals surface area contributed by atoms with Gasteiger partial charge in [-0.25, -0.2) is 0 Å². The first-order valence-corrected chi connectivity index (χ1v) is 12.3. The van der Waals surface area contributed by atoms with Crippen molar-refractivity contribution in [2.75, 3.05) is 11.4 Å². The summed E-state index contributed by atoms with van der Waals surface area (Å²) in [6.07, 6.45) is -16.8. The van der Waals surface area contributed by atoms with E-state index in [4.69, 9.17) is 4.74 Å². The molecule has 0 bridgehead atoms. The summed E-state index contributed by atoms with van der Waals surface area (Å²) in [4.78, 5) is 0.980. The van der Waals surface area contributed by atoms with Crippen molar-refractivity contribution >= 4 is 17.4 Å². The van der Waals surface area contributed by atoms with Gasteiger partial charge < -0.3 is 19.5 Å². The van der Waals surface area contributed by atoms with E-state index in [-0.39, 0.29) is 40.3 Å². The third kappa shape index (κ3) is 10.2. The van der Waals surface area contributed by atoms with Gasteiger partial charge in [0.15, 0.2) is 6.10 Å². The summed E-state index contributed by atoms with van der Waals surface area (Å²) in [5.74, 6) is -0.538. The monoisotopic (exact) mass is 617 g/mol. The molecule has 0 aliphatic rings. The largest absolute Gasteiger partial charge is 0.489 e. The fraction of sp³-hybridized carbons (Fsp3) is 0.308. The van der Waals surface area contributed by atoms with Crippen LogP contribution in [0.5, 0.6) is 11.5 Å². The number of hydrogen-bond acceptors (Lipinski definition) is 5. The Morgan fingerprint density at radius 2 is 1.41 bits per heavy atom. The van der Waals surface area contributed by atoms with Crippen molar-refractivity contribution in [3.05, 3.63) is 83.9 Å². The van der Waals surface area contributed by atoms with Crippen LogP contribution >= 0.6 is 11.8 Å². The minimum absolute atomic E-state index is 0.0720. The second-order valence-corrected chi connectivity index (χ2v) is 9.67. The Kier molecular flexibility index (Phi) is 10.3. The minimum atomic E-state index is -5.00. The highest BCUT2D eigenvalue weighted by Gasteiger charge is 2.44. The first kappa shape index (κ1) is 32.2. The van der Waals surface area contributed by atoms with Gasteiger partial charge in [0.2, 0.25) is 0 Å². The molecule has 15 heteroatoms. The van der Waals surface area contributed by atoms with Crippen LogP contribution in [0.3, 0.4) is 0 Å². The lowest BCUT2D eigenvalue weighted by Gasteiger charge is -2.29. The fourth-order valence-electron chi connectivity index (χ4n) is 3.47. The average Bonchev–Trinajstić information content (AvgIpc) is 2.86. The van der Waals surface area contributed by atoms with Crippen molar-refractivity contribution in [3.8, 4) is 11.5 Å². The highest BCUT2D eigenvalue weighted by atomic mass is 32.2. The van der Waals surface area contributed by atoms with Crippen LogP contribution < -0.4 is 14.4 Å². The van der Waals surface area contributed by atoms with E-state index in [9.17, 15) is 49.0 Å². The molecule has 0 aliphatic carbocycles. The molecule has 224 valence electrons. The topological polar surface area (TPSA) is 41.9 Å². The van der Waals surface area contributed by atoms with Gasteiger partial charge in [-0.3, -0.25) is 0 Å². The Morgan fingerprint density at radius 1 is 0.780 bits per heavy atom. The molecular formula is C26H21F10NO3S. The molecule has 41 heavy (non-hydrogen) atoms. The number of ether oxygens (including phenoxy) is 2. The van der Waals surface area contributed by atoms with Crippen molar-refractivity contribution in [1.29, 1.82) is 0 Å². The molecule has 0 aliphatic heterocycles. The predicted octanol–water partition coefficient (Wildman–Crippen LogP) is 8.04. The lowest BCUT2D eigenvalue weighted by atomic mass is 10.1. The molecule has 0 amide bonds. The van der Waals surface area contributed by atoms with Gasteiger partial charge in [0, 0.05) is 23.2 Å². The fourth-order valence-corrected chi connectivity index (χ4v) is 4.10. The summed E-state index contributed by atoms with van der Waals surface area (Å²) in [5.41, 5.74) is -3.93. The normalized spacial score (nSPS) is 13.3. The van der Waals surface area contributed by atoms with E-state index in [1.807, 2.05) is 0 Å². The molecule has 4 nitrogen and oxygen atoms in total. The van der Waals surface area contributed by atoms with Gasteiger partial charge in [0.1, 0.15) is 18.1 Å². The van der Waals surface area contributed by atoms with Crippen molar-refractivity contribution in [3.63, 3.8) is 0 Å². The van der Waals surface area contributed by atoms with Crippen LogP contribution in [0.15, 0.2) is 77.7 Å². The highest BCUT2D eigenvalue weighted by Crippen LogP contribution is 2.37. The molecule has 0 saturated carbocycles. The Hall–Kier alpha value is -3.33. The Balaban J connectivity index is 1.81. The zero-order chi connectivity index (χ0) is 30.4. The lowest BCUT2D eigenvalue weighted by Crippen LogP contribution is -2.40. The maximum atomic E-state index is 13.3. The number of thioether (sulfide) groups is 1. The van der Waals surface area contributed by atoms with Gasteiger partial charge in [0.25, 0.3) is 0 Å². The van der Waals surface area contributed by atoms with Crippen LogP contribution in [0.4, 0.5) is 49.6 Å². The number of hydrogen-bond donors (Lipinski definition) is 1. The molecule has 3 rings (SSSR count). The maximum absolute atomic E-state index is 13.3. The molecule has 0 unspecified atom stereocenters. The van der Waals surface area contributed by atoms with Crippen LogP contribution in [0.25, 0.3) is 0 Å². The standard InChI is InChI=1S/C26H21F10NO3S/c27-23(28)25(32,33)40-20-8-1-4-16(10-20)13-37(14-22(38)24(29,30)31)18-6-3-7-19(12-18)39-15-17-5-2-9-21(11-17)41-26(34,35)36/h1-12,22-23,38H,13-15H2/t22-/m1/s1. The van der Waals surface area contributed by atoms with E-state index in [1.165, 1.54) is 60.7 Å². The second-order valence-electron chi connectivity index (χ2n) is 8.53. The molecule has 0 spiro atoms. The molecule has 0 radical (unpaired) electrons. The van der Waals surface area contributed by atoms with E-state index < -0.39 is 49.2 Å². The molecule has 3 aromatic rings. The third-order valence-electron chi connectivity index (χ3n) is 5.27. The summed E-state index contributed by atoms with van der Waals surface area (Å²) in [6.45, 7) is -1.58. The number of benzene rings is 3. The maximum Gasteiger partial charge on any atom is 0.461 e. The predicted molar refractivity (Wildman–Crippen MR) is 130 cm³/mol. The highest BCUT2D eigenvalue weighted by molar-refractivity contribution is 8.00. The number of aliphatic hydroxyl groups excluding tert-OH is 1. The van der Waals surface area contributed by atoms with Gasteiger partial charge >= 0.3 is 24.2 Å². The lowest BCUT2D eigenvalue weighted by molar-refractivity contribution is -0.253.